The Morgan fingerprint density at radius 2 is 2.50 bits per heavy atom. The highest BCUT2D eigenvalue weighted by atomic mass is 16.5. The summed E-state index contributed by atoms with van der Waals surface area (Å²) in [7, 11) is 0. The minimum atomic E-state index is -0.491. The molecule has 47 valence electrons. The molecule has 0 heterocycles. The molecule has 1 N–H and O–H groups in total. The van der Waals surface area contributed by atoms with Crippen LogP contribution in [0.25, 0.3) is 0 Å². The lowest BCUT2D eigenvalue weighted by Gasteiger charge is -2.00. The van der Waals surface area contributed by atoms with Crippen molar-refractivity contribution in [2.75, 3.05) is 6.61 Å². The summed E-state index contributed by atoms with van der Waals surface area (Å²) in [6.45, 7) is 6.88. The molecule has 0 bridgehead atoms. The zero-order valence-electron chi connectivity index (χ0n) is 5.00. The second-order valence-corrected chi connectivity index (χ2v) is 1.50. The molecule has 0 spiro atoms. The fraction of sp³-hybridized carbons (Fsp3) is 0.500. The zero-order chi connectivity index (χ0) is 6.41. The van der Waals surface area contributed by atoms with Gasteiger partial charge in [-0.1, -0.05) is 6.08 Å². The summed E-state index contributed by atoms with van der Waals surface area (Å²) in [5.74, 6) is 0. The van der Waals surface area contributed by atoms with Gasteiger partial charge in [0.2, 0.25) is 0 Å². The van der Waals surface area contributed by atoms with E-state index in [0.29, 0.717) is 6.61 Å². The Morgan fingerprint density at radius 3 is 2.88 bits per heavy atom. The van der Waals surface area contributed by atoms with Crippen molar-refractivity contribution in [2.24, 2.45) is 0 Å². The van der Waals surface area contributed by atoms with Crippen LogP contribution < -0.4 is 0 Å². The maximum absolute atomic E-state index is 8.56. The summed E-state index contributed by atoms with van der Waals surface area (Å²) in [6, 6.07) is 0. The van der Waals surface area contributed by atoms with Crippen molar-refractivity contribution in [3.63, 3.8) is 0 Å². The van der Waals surface area contributed by atoms with Gasteiger partial charge in [0.25, 0.3) is 0 Å². The summed E-state index contributed by atoms with van der Waals surface area (Å²) < 4.78 is 4.75. The van der Waals surface area contributed by atoms with Crippen LogP contribution in [0.15, 0.2) is 12.7 Å². The van der Waals surface area contributed by atoms with Crippen LogP contribution in [0.2, 0.25) is 0 Å². The van der Waals surface area contributed by atoms with Gasteiger partial charge >= 0.3 is 0 Å². The number of ether oxygens (including phenoxy) is 1. The smallest absolute Gasteiger partial charge is 0.112 e. The SMILES string of the molecule is C=CCO[CH]C(C)O. The largest absolute Gasteiger partial charge is 0.391 e. The van der Waals surface area contributed by atoms with Gasteiger partial charge in [-0.3, -0.25) is 0 Å². The molecule has 2 nitrogen and oxygen atoms in total. The Labute approximate surface area is 49.8 Å². The fourth-order valence-corrected chi connectivity index (χ4v) is 0.263. The van der Waals surface area contributed by atoms with Gasteiger partial charge in [0, 0.05) is 0 Å². The maximum Gasteiger partial charge on any atom is 0.112 e. The minimum Gasteiger partial charge on any atom is -0.391 e. The molecule has 8 heavy (non-hydrogen) atoms. The van der Waals surface area contributed by atoms with Gasteiger partial charge in [-0.25, -0.2) is 0 Å². The van der Waals surface area contributed by atoms with E-state index in [9.17, 15) is 0 Å². The van der Waals surface area contributed by atoms with Crippen molar-refractivity contribution in [3.8, 4) is 0 Å². The molecule has 1 unspecified atom stereocenters. The minimum absolute atomic E-state index is 0.463. The van der Waals surface area contributed by atoms with E-state index in [4.69, 9.17) is 9.84 Å². The van der Waals surface area contributed by atoms with E-state index in [0.717, 1.165) is 0 Å². The Balaban J connectivity index is 2.81. The highest BCUT2D eigenvalue weighted by molar-refractivity contribution is 4.67. The third-order valence-electron chi connectivity index (χ3n) is 0.507. The molecular formula is C6H11O2. The van der Waals surface area contributed by atoms with Crippen LogP contribution in [0.4, 0.5) is 0 Å². The van der Waals surface area contributed by atoms with Crippen LogP contribution in [-0.2, 0) is 4.74 Å². The van der Waals surface area contributed by atoms with Crippen LogP contribution in [0, 0.1) is 6.61 Å². The van der Waals surface area contributed by atoms with Crippen LogP contribution in [-0.4, -0.2) is 17.8 Å². The molecule has 1 radical (unpaired) electrons. The molecule has 0 fully saturated rings. The maximum atomic E-state index is 8.56. The van der Waals surface area contributed by atoms with E-state index in [2.05, 4.69) is 6.58 Å². The Morgan fingerprint density at radius 1 is 1.88 bits per heavy atom. The molecule has 2 heteroatoms. The van der Waals surface area contributed by atoms with Crippen molar-refractivity contribution >= 4 is 0 Å². The molecule has 0 amide bonds. The molecule has 0 aromatic rings. The average Bonchev–Trinajstić information content (AvgIpc) is 1.66. The molecule has 0 aromatic carbocycles. The highest BCUT2D eigenvalue weighted by Crippen LogP contribution is 1.88. The monoisotopic (exact) mass is 115 g/mol. The van der Waals surface area contributed by atoms with Crippen molar-refractivity contribution in [3.05, 3.63) is 19.3 Å². The summed E-state index contributed by atoms with van der Waals surface area (Å²) in [4.78, 5) is 0. The average molecular weight is 115 g/mol. The number of aliphatic hydroxyl groups excluding tert-OH is 1. The van der Waals surface area contributed by atoms with Crippen molar-refractivity contribution in [1.29, 1.82) is 0 Å². The van der Waals surface area contributed by atoms with Crippen LogP contribution in [0.1, 0.15) is 6.92 Å². The van der Waals surface area contributed by atoms with Gasteiger partial charge in [-0.2, -0.15) is 0 Å². The molecule has 1 atom stereocenters. The molecular weight excluding hydrogens is 104 g/mol. The van der Waals surface area contributed by atoms with Gasteiger partial charge in [0.1, 0.15) is 6.61 Å². The third-order valence-corrected chi connectivity index (χ3v) is 0.507. The van der Waals surface area contributed by atoms with Crippen molar-refractivity contribution < 1.29 is 9.84 Å². The Hall–Kier alpha value is -0.340. The quantitative estimate of drug-likeness (QED) is 0.432. The second-order valence-electron chi connectivity index (χ2n) is 1.50. The lowest BCUT2D eigenvalue weighted by Crippen LogP contribution is -2.03. The van der Waals surface area contributed by atoms with E-state index in [1.54, 1.807) is 13.0 Å². The van der Waals surface area contributed by atoms with E-state index in [1.807, 2.05) is 0 Å². The number of hydrogen-bond acceptors (Lipinski definition) is 2. The third kappa shape index (κ3) is 5.66. The lowest BCUT2D eigenvalue weighted by molar-refractivity contribution is 0.116. The first-order valence-corrected chi connectivity index (χ1v) is 2.51. The Bertz CT molecular complexity index is 59.5. The predicted octanol–water partition coefficient (Wildman–Crippen LogP) is 0.732. The number of rotatable bonds is 4. The highest BCUT2D eigenvalue weighted by Gasteiger charge is 1.92. The summed E-state index contributed by atoms with van der Waals surface area (Å²) in [5.41, 5.74) is 0. The summed E-state index contributed by atoms with van der Waals surface area (Å²) in [5, 5.41) is 8.56. The molecule has 0 saturated carbocycles. The zero-order valence-corrected chi connectivity index (χ0v) is 5.00. The van der Waals surface area contributed by atoms with E-state index < -0.39 is 6.10 Å². The fourth-order valence-electron chi connectivity index (χ4n) is 0.263. The van der Waals surface area contributed by atoms with Gasteiger partial charge < -0.3 is 9.84 Å². The van der Waals surface area contributed by atoms with Gasteiger partial charge in [-0.15, -0.1) is 6.58 Å². The molecule has 0 aromatic heterocycles. The number of hydrogen-bond donors (Lipinski definition) is 1. The van der Waals surface area contributed by atoms with Gasteiger partial charge in [0.15, 0.2) is 0 Å². The summed E-state index contributed by atoms with van der Waals surface area (Å²) >= 11 is 0. The second kappa shape index (κ2) is 4.81. The first-order chi connectivity index (χ1) is 3.77. The molecule has 0 aliphatic rings. The predicted molar refractivity (Wildman–Crippen MR) is 32.1 cm³/mol. The van der Waals surface area contributed by atoms with Crippen LogP contribution in [0.5, 0.6) is 0 Å². The number of aliphatic hydroxyl groups is 1. The first kappa shape index (κ1) is 7.66. The molecule has 0 rings (SSSR count). The topological polar surface area (TPSA) is 29.5 Å². The molecule has 0 aliphatic heterocycles. The van der Waals surface area contributed by atoms with Crippen molar-refractivity contribution in [1.82, 2.24) is 0 Å². The van der Waals surface area contributed by atoms with Crippen LogP contribution in [0.3, 0.4) is 0 Å². The van der Waals surface area contributed by atoms with E-state index in [-0.39, 0.29) is 0 Å². The lowest BCUT2D eigenvalue weighted by atomic mass is 10.4. The standard InChI is InChI=1S/C6H11O2/c1-3-4-8-5-6(2)7/h3,5-7H,1,4H2,2H3. The molecule has 0 aliphatic carbocycles. The Kier molecular flexibility index (Phi) is 4.61. The van der Waals surface area contributed by atoms with Crippen LogP contribution >= 0.6 is 0 Å². The normalized spacial score (nSPS) is 13.2. The van der Waals surface area contributed by atoms with E-state index >= 15 is 0 Å². The van der Waals surface area contributed by atoms with Gasteiger partial charge in [0.05, 0.1) is 12.7 Å². The molecule has 0 saturated heterocycles. The summed E-state index contributed by atoms with van der Waals surface area (Å²) in [6.07, 6.45) is 1.13. The van der Waals surface area contributed by atoms with Crippen molar-refractivity contribution in [2.45, 2.75) is 13.0 Å². The first-order valence-electron chi connectivity index (χ1n) is 2.51. The van der Waals surface area contributed by atoms with Gasteiger partial charge in [-0.05, 0) is 6.92 Å². The van der Waals surface area contributed by atoms with E-state index in [1.165, 1.54) is 6.61 Å².